The minimum Gasteiger partial charge on any atom is -0.311 e. The van der Waals surface area contributed by atoms with E-state index in [1.54, 1.807) is 0 Å². The fraction of sp³-hybridized carbons (Fsp3) is 0.243. The molecule has 384 valence electrons. The highest BCUT2D eigenvalue weighted by Gasteiger charge is 2.45. The number of hydrogen-bond acceptors (Lipinski definition) is 3. The lowest BCUT2D eigenvalue weighted by Gasteiger charge is -2.46. The van der Waals surface area contributed by atoms with E-state index in [1.165, 1.54) is 135 Å². The van der Waals surface area contributed by atoms with Gasteiger partial charge in [-0.05, 0) is 193 Å². The van der Waals surface area contributed by atoms with Gasteiger partial charge in [-0.1, -0.05) is 190 Å². The second kappa shape index (κ2) is 17.9. The fourth-order valence-electron chi connectivity index (χ4n) is 13.8. The van der Waals surface area contributed by atoms with Crippen molar-refractivity contribution >= 4 is 95.8 Å². The van der Waals surface area contributed by atoms with Crippen molar-refractivity contribution in [2.45, 2.75) is 117 Å². The lowest BCUT2D eigenvalue weighted by molar-refractivity contribution is 0.590. The highest BCUT2D eigenvalue weighted by atomic mass is 15.2. The second-order valence-electron chi connectivity index (χ2n) is 26.0. The van der Waals surface area contributed by atoms with Gasteiger partial charge in [-0.15, -0.1) is 0 Å². The highest BCUT2D eigenvalue weighted by molar-refractivity contribution is 7.00. The van der Waals surface area contributed by atoms with Crippen LogP contribution in [-0.4, -0.2) is 6.71 Å². The number of fused-ring (bicyclic) bond motifs is 4. The zero-order chi connectivity index (χ0) is 53.4. The highest BCUT2D eigenvalue weighted by Crippen LogP contribution is 2.52. The SMILES string of the molecule is CC(C)(C)c1ccc(N(c2ccc(-c3ccccc3)cc2)c2cc3c4c(c2)N(c2ccc5c6c(cccc26)CCC5)c2cc(C(C)(C)C)ccc2B4c2ccc(C(C)(C)C)cc2N3c2ccc3c4c(cccc24)CCC3)cc1. The number of anilines is 9. The maximum absolute atomic E-state index is 2.70. The minimum atomic E-state index is -0.0760. The maximum atomic E-state index is 2.70. The van der Waals surface area contributed by atoms with Gasteiger partial charge in [-0.25, -0.2) is 0 Å². The van der Waals surface area contributed by atoms with Gasteiger partial charge >= 0.3 is 0 Å². The number of rotatable bonds is 6. The molecule has 14 rings (SSSR count). The third-order valence-corrected chi connectivity index (χ3v) is 17.9. The van der Waals surface area contributed by atoms with E-state index in [-0.39, 0.29) is 23.0 Å². The monoisotopic (exact) mass is 1010 g/mol. The van der Waals surface area contributed by atoms with E-state index >= 15 is 0 Å². The summed E-state index contributed by atoms with van der Waals surface area (Å²) in [7, 11) is 0. The predicted molar refractivity (Wildman–Crippen MR) is 336 cm³/mol. The van der Waals surface area contributed by atoms with E-state index in [4.69, 9.17) is 0 Å². The molecular formula is C74H70BN3. The van der Waals surface area contributed by atoms with E-state index in [0.717, 1.165) is 42.7 Å². The molecule has 78 heavy (non-hydrogen) atoms. The first-order valence-electron chi connectivity index (χ1n) is 28.8. The van der Waals surface area contributed by atoms with E-state index in [1.807, 2.05) is 0 Å². The van der Waals surface area contributed by atoms with Crippen molar-refractivity contribution in [2.24, 2.45) is 0 Å². The van der Waals surface area contributed by atoms with E-state index in [0.29, 0.717) is 0 Å². The Balaban J connectivity index is 1.13. The van der Waals surface area contributed by atoms with Gasteiger partial charge in [-0.3, -0.25) is 0 Å². The van der Waals surface area contributed by atoms with Crippen LogP contribution in [0.1, 0.15) is 114 Å². The number of benzene rings is 10. The van der Waals surface area contributed by atoms with Crippen LogP contribution in [0.25, 0.3) is 32.7 Å². The Bertz CT molecular complexity index is 3830. The standard InChI is InChI=1S/C74H70BN3/c1-72(2,3)53-31-37-57(38-32-53)76(56-35-27-48(28-36-56)47-17-11-10-12-18-47)58-45-67-71-68(46-58)78(64-42-30-52-22-14-20-50-24-16-26-60(64)70(50)52)66-44-55(74(7,8)9)34-40-62(66)75(71)61-39-33-54(73(4,5)6)43-65(61)77(67)63-41-29-51-21-13-19-49-23-15-25-59(63)69(49)51/h10-12,15-18,23-46H,13-14,19-22H2,1-9H3. The Kier molecular flexibility index (Phi) is 11.1. The molecule has 3 nitrogen and oxygen atoms in total. The predicted octanol–water partition coefficient (Wildman–Crippen LogP) is 18.1. The van der Waals surface area contributed by atoms with Crippen molar-refractivity contribution in [1.29, 1.82) is 0 Å². The normalized spacial score (nSPS) is 14.6. The van der Waals surface area contributed by atoms with E-state index in [9.17, 15) is 0 Å². The maximum Gasteiger partial charge on any atom is 0.252 e. The van der Waals surface area contributed by atoms with Crippen LogP contribution in [0, 0.1) is 0 Å². The minimum absolute atomic E-state index is 0.00260. The average molecular weight is 1010 g/mol. The van der Waals surface area contributed by atoms with Gasteiger partial charge in [0, 0.05) is 44.9 Å². The van der Waals surface area contributed by atoms with Crippen LogP contribution < -0.4 is 31.1 Å². The van der Waals surface area contributed by atoms with Gasteiger partial charge in [0.2, 0.25) is 0 Å². The summed E-state index contributed by atoms with van der Waals surface area (Å²) < 4.78 is 0. The second-order valence-corrected chi connectivity index (χ2v) is 26.0. The Morgan fingerprint density at radius 3 is 1.23 bits per heavy atom. The largest absolute Gasteiger partial charge is 0.311 e. The summed E-state index contributed by atoms with van der Waals surface area (Å²) in [5.41, 5.74) is 26.9. The third kappa shape index (κ3) is 7.84. The number of aryl methyl sites for hydroxylation is 4. The van der Waals surface area contributed by atoms with Crippen LogP contribution in [0.5, 0.6) is 0 Å². The zero-order valence-electron chi connectivity index (χ0n) is 47.1. The average Bonchev–Trinajstić information content (AvgIpc) is 3.00. The molecule has 0 bridgehead atoms. The molecule has 0 saturated heterocycles. The number of hydrogen-bond donors (Lipinski definition) is 0. The van der Waals surface area contributed by atoms with Crippen LogP contribution in [0.2, 0.25) is 0 Å². The summed E-state index contributed by atoms with van der Waals surface area (Å²) in [5, 5.41) is 5.52. The van der Waals surface area contributed by atoms with Crippen molar-refractivity contribution in [2.75, 3.05) is 14.7 Å². The summed E-state index contributed by atoms with van der Waals surface area (Å²) in [6.45, 7) is 21.1. The Labute approximate surface area is 463 Å². The molecule has 10 aromatic rings. The summed E-state index contributed by atoms with van der Waals surface area (Å²) in [4.78, 5) is 7.93. The van der Waals surface area contributed by atoms with Crippen LogP contribution in [-0.2, 0) is 41.9 Å². The first kappa shape index (κ1) is 48.5. The van der Waals surface area contributed by atoms with Gasteiger partial charge in [0.05, 0.1) is 17.1 Å². The zero-order valence-corrected chi connectivity index (χ0v) is 47.1. The van der Waals surface area contributed by atoms with Crippen molar-refractivity contribution in [3.05, 3.63) is 227 Å². The van der Waals surface area contributed by atoms with Crippen molar-refractivity contribution < 1.29 is 0 Å². The summed E-state index contributed by atoms with van der Waals surface area (Å²) in [6.07, 6.45) is 6.80. The first-order chi connectivity index (χ1) is 37.6. The van der Waals surface area contributed by atoms with Crippen LogP contribution in [0.15, 0.2) is 188 Å². The molecule has 0 fully saturated rings. The molecule has 4 heteroatoms. The summed E-state index contributed by atoms with van der Waals surface area (Å²) >= 11 is 0. The van der Waals surface area contributed by atoms with Gasteiger partial charge in [0.15, 0.2) is 0 Å². The molecule has 0 atom stereocenters. The first-order valence-corrected chi connectivity index (χ1v) is 28.8. The summed E-state index contributed by atoms with van der Waals surface area (Å²) in [5.74, 6) is 0. The summed E-state index contributed by atoms with van der Waals surface area (Å²) in [6, 6.07) is 73.5. The molecule has 0 radical (unpaired) electrons. The Hall–Kier alpha value is -7.82. The molecule has 0 saturated carbocycles. The molecule has 0 spiro atoms. The molecule has 0 aromatic heterocycles. The molecule has 2 heterocycles. The molecule has 0 unspecified atom stereocenters. The molecular weight excluding hydrogens is 942 g/mol. The molecule has 0 N–H and O–H groups in total. The Morgan fingerprint density at radius 1 is 0.346 bits per heavy atom. The van der Waals surface area contributed by atoms with Gasteiger partial charge in [0.25, 0.3) is 6.71 Å². The third-order valence-electron chi connectivity index (χ3n) is 17.9. The smallest absolute Gasteiger partial charge is 0.252 e. The van der Waals surface area contributed by atoms with E-state index < -0.39 is 0 Å². The quantitative estimate of drug-likeness (QED) is 0.154. The lowest BCUT2D eigenvalue weighted by atomic mass is 9.33. The fourth-order valence-corrected chi connectivity index (χ4v) is 13.8. The van der Waals surface area contributed by atoms with Gasteiger partial charge < -0.3 is 14.7 Å². The van der Waals surface area contributed by atoms with Crippen LogP contribution >= 0.6 is 0 Å². The Morgan fingerprint density at radius 2 is 0.769 bits per heavy atom. The van der Waals surface area contributed by atoms with Crippen molar-refractivity contribution in [1.82, 2.24) is 0 Å². The topological polar surface area (TPSA) is 9.72 Å². The van der Waals surface area contributed by atoms with Crippen molar-refractivity contribution in [3.63, 3.8) is 0 Å². The van der Waals surface area contributed by atoms with E-state index in [2.05, 4.69) is 265 Å². The molecule has 2 aliphatic carbocycles. The van der Waals surface area contributed by atoms with Crippen LogP contribution in [0.3, 0.4) is 0 Å². The molecule has 2 aliphatic heterocycles. The van der Waals surface area contributed by atoms with Gasteiger partial charge in [0.1, 0.15) is 0 Å². The molecule has 4 aliphatic rings. The molecule has 10 aromatic carbocycles. The van der Waals surface area contributed by atoms with Crippen molar-refractivity contribution in [3.8, 4) is 11.1 Å². The number of nitrogens with zero attached hydrogens (tertiary/aromatic N) is 3. The lowest BCUT2D eigenvalue weighted by Crippen LogP contribution is -2.61. The molecule has 0 amide bonds. The van der Waals surface area contributed by atoms with Gasteiger partial charge in [-0.2, -0.15) is 0 Å². The van der Waals surface area contributed by atoms with Crippen LogP contribution in [0.4, 0.5) is 51.2 Å².